The van der Waals surface area contributed by atoms with E-state index in [-0.39, 0.29) is 18.6 Å². The number of aliphatic hydroxyl groups is 1. The van der Waals surface area contributed by atoms with Gasteiger partial charge in [-0.1, -0.05) is 12.8 Å². The van der Waals surface area contributed by atoms with Crippen molar-refractivity contribution in [1.82, 2.24) is 10.2 Å². The van der Waals surface area contributed by atoms with Gasteiger partial charge in [0.1, 0.15) is 0 Å². The zero-order valence-corrected chi connectivity index (χ0v) is 11.3. The molecule has 1 amide bonds. The number of aliphatic hydroxyl groups excluding tert-OH is 1. The van der Waals surface area contributed by atoms with Crippen LogP contribution in [0.15, 0.2) is 0 Å². The van der Waals surface area contributed by atoms with Crippen molar-refractivity contribution in [2.75, 3.05) is 13.2 Å². The van der Waals surface area contributed by atoms with Gasteiger partial charge in [0.15, 0.2) is 0 Å². The van der Waals surface area contributed by atoms with Gasteiger partial charge in [0.25, 0.3) is 0 Å². The number of carbonyl (C=O) groups is 1. The Balaban J connectivity index is 2.69. The summed E-state index contributed by atoms with van der Waals surface area (Å²) in [4.78, 5) is 13.5. The molecule has 0 unspecified atom stereocenters. The zero-order chi connectivity index (χ0) is 12.8. The lowest BCUT2D eigenvalue weighted by Gasteiger charge is -2.42. The Kier molecular flexibility index (Phi) is 5.92. The number of nitrogens with one attached hydrogen (secondary N) is 1. The average molecular weight is 242 g/mol. The summed E-state index contributed by atoms with van der Waals surface area (Å²) >= 11 is 0. The highest BCUT2D eigenvalue weighted by molar-refractivity contribution is 5.73. The van der Waals surface area contributed by atoms with E-state index in [4.69, 9.17) is 5.11 Å². The molecule has 100 valence electrons. The van der Waals surface area contributed by atoms with Crippen molar-refractivity contribution in [3.8, 4) is 0 Å². The first-order valence-corrected chi connectivity index (χ1v) is 6.70. The smallest absolute Gasteiger partial charge is 0.217 e. The molecule has 0 aliphatic heterocycles. The van der Waals surface area contributed by atoms with Crippen LogP contribution in [-0.4, -0.2) is 47.2 Å². The van der Waals surface area contributed by atoms with E-state index in [0.717, 1.165) is 12.8 Å². The fraction of sp³-hybridized carbons (Fsp3) is 0.923. The van der Waals surface area contributed by atoms with Crippen molar-refractivity contribution in [1.29, 1.82) is 0 Å². The van der Waals surface area contributed by atoms with Crippen LogP contribution in [0.4, 0.5) is 0 Å². The second-order valence-electron chi connectivity index (χ2n) is 5.21. The van der Waals surface area contributed by atoms with E-state index in [1.807, 2.05) is 0 Å². The number of hydrogen-bond donors (Lipinski definition) is 2. The van der Waals surface area contributed by atoms with E-state index >= 15 is 0 Å². The molecule has 17 heavy (non-hydrogen) atoms. The maximum atomic E-state index is 11.2. The molecule has 1 fully saturated rings. The molecule has 0 radical (unpaired) electrons. The zero-order valence-electron chi connectivity index (χ0n) is 11.3. The van der Waals surface area contributed by atoms with Crippen LogP contribution in [0, 0.1) is 0 Å². The highest BCUT2D eigenvalue weighted by Crippen LogP contribution is 2.24. The first kappa shape index (κ1) is 14.5. The van der Waals surface area contributed by atoms with Gasteiger partial charge in [0.2, 0.25) is 5.91 Å². The minimum Gasteiger partial charge on any atom is -0.395 e. The number of carbonyl (C=O) groups excluding carboxylic acids is 1. The fourth-order valence-corrected chi connectivity index (χ4v) is 2.86. The van der Waals surface area contributed by atoms with Crippen molar-refractivity contribution in [3.63, 3.8) is 0 Å². The Morgan fingerprint density at radius 2 is 2.06 bits per heavy atom. The maximum Gasteiger partial charge on any atom is 0.217 e. The molecular weight excluding hydrogens is 216 g/mol. The summed E-state index contributed by atoms with van der Waals surface area (Å²) in [6, 6.07) is 1.02. The van der Waals surface area contributed by atoms with Gasteiger partial charge in [-0.3, -0.25) is 9.69 Å². The molecule has 0 saturated heterocycles. The van der Waals surface area contributed by atoms with E-state index in [2.05, 4.69) is 24.1 Å². The van der Waals surface area contributed by atoms with Gasteiger partial charge in [-0.15, -0.1) is 0 Å². The largest absolute Gasteiger partial charge is 0.395 e. The highest BCUT2D eigenvalue weighted by Gasteiger charge is 2.31. The van der Waals surface area contributed by atoms with Crippen molar-refractivity contribution in [2.24, 2.45) is 0 Å². The summed E-state index contributed by atoms with van der Waals surface area (Å²) in [5.41, 5.74) is 0. The highest BCUT2D eigenvalue weighted by atomic mass is 16.3. The van der Waals surface area contributed by atoms with Crippen LogP contribution in [0.5, 0.6) is 0 Å². The quantitative estimate of drug-likeness (QED) is 0.760. The van der Waals surface area contributed by atoms with Gasteiger partial charge in [-0.25, -0.2) is 0 Å². The summed E-state index contributed by atoms with van der Waals surface area (Å²) < 4.78 is 0. The van der Waals surface area contributed by atoms with Crippen LogP contribution in [0.25, 0.3) is 0 Å². The van der Waals surface area contributed by atoms with Crippen LogP contribution in [0.2, 0.25) is 0 Å². The lowest BCUT2D eigenvalue weighted by molar-refractivity contribution is -0.120. The molecule has 4 heteroatoms. The van der Waals surface area contributed by atoms with Crippen LogP contribution >= 0.6 is 0 Å². The first-order valence-electron chi connectivity index (χ1n) is 6.70. The molecule has 0 bridgehead atoms. The summed E-state index contributed by atoms with van der Waals surface area (Å²) in [5.74, 6) is 0.0506. The number of hydrogen-bond acceptors (Lipinski definition) is 3. The Labute approximate surface area is 104 Å². The predicted molar refractivity (Wildman–Crippen MR) is 68.8 cm³/mol. The number of rotatable bonds is 5. The Morgan fingerprint density at radius 1 is 1.41 bits per heavy atom. The molecule has 1 aliphatic carbocycles. The van der Waals surface area contributed by atoms with Crippen molar-refractivity contribution in [3.05, 3.63) is 0 Å². The van der Waals surface area contributed by atoms with E-state index in [9.17, 15) is 4.79 Å². The molecule has 0 aromatic heterocycles. The second-order valence-corrected chi connectivity index (χ2v) is 5.21. The van der Waals surface area contributed by atoms with Crippen molar-refractivity contribution < 1.29 is 9.90 Å². The van der Waals surface area contributed by atoms with Gasteiger partial charge in [0, 0.05) is 31.6 Å². The van der Waals surface area contributed by atoms with Crippen LogP contribution < -0.4 is 5.32 Å². The molecule has 0 spiro atoms. The molecule has 0 heterocycles. The first-order chi connectivity index (χ1) is 8.06. The van der Waals surface area contributed by atoms with Crippen LogP contribution in [0.1, 0.15) is 46.5 Å². The van der Waals surface area contributed by atoms with E-state index in [1.54, 1.807) is 6.92 Å². The number of amides is 1. The molecule has 2 atom stereocenters. The van der Waals surface area contributed by atoms with Crippen LogP contribution in [-0.2, 0) is 4.79 Å². The van der Waals surface area contributed by atoms with Crippen molar-refractivity contribution in [2.45, 2.75) is 64.6 Å². The van der Waals surface area contributed by atoms with Gasteiger partial charge in [-0.05, 0) is 26.7 Å². The van der Waals surface area contributed by atoms with Gasteiger partial charge in [0.05, 0.1) is 6.61 Å². The average Bonchev–Trinajstić information content (AvgIpc) is 2.26. The molecule has 1 saturated carbocycles. The topological polar surface area (TPSA) is 52.6 Å². The Morgan fingerprint density at radius 3 is 2.59 bits per heavy atom. The third kappa shape index (κ3) is 4.28. The normalized spacial score (nSPS) is 25.3. The van der Waals surface area contributed by atoms with E-state index in [1.165, 1.54) is 12.8 Å². The monoisotopic (exact) mass is 242 g/mol. The van der Waals surface area contributed by atoms with Crippen molar-refractivity contribution >= 4 is 5.91 Å². The summed E-state index contributed by atoms with van der Waals surface area (Å²) in [6.45, 7) is 6.75. The minimum absolute atomic E-state index is 0.0506. The minimum atomic E-state index is 0.0506. The number of nitrogens with zero attached hydrogens (tertiary/aromatic N) is 1. The molecule has 0 aromatic rings. The Bertz CT molecular complexity index is 244. The maximum absolute atomic E-state index is 11.2. The predicted octanol–water partition coefficient (Wildman–Crippen LogP) is 1.14. The molecule has 4 nitrogen and oxygen atoms in total. The fourth-order valence-electron chi connectivity index (χ4n) is 2.86. The lowest BCUT2D eigenvalue weighted by Crippen LogP contribution is -2.55. The summed E-state index contributed by atoms with van der Waals surface area (Å²) in [7, 11) is 0. The standard InChI is InChI=1S/C13H26N2O2/c1-10(2)15(8-9-16)13-7-5-4-6-12(13)14-11(3)17/h10,12-13,16H,4-9H2,1-3H3,(H,14,17)/t12-,13+/m1/s1. The van der Waals surface area contributed by atoms with Crippen LogP contribution in [0.3, 0.4) is 0 Å². The summed E-state index contributed by atoms with van der Waals surface area (Å²) in [6.07, 6.45) is 4.57. The third-order valence-corrected chi connectivity index (χ3v) is 3.57. The molecule has 2 N–H and O–H groups in total. The lowest BCUT2D eigenvalue weighted by atomic mass is 9.88. The van der Waals surface area contributed by atoms with Gasteiger partial charge >= 0.3 is 0 Å². The van der Waals surface area contributed by atoms with Gasteiger partial charge < -0.3 is 10.4 Å². The molecule has 1 rings (SSSR count). The molecule has 0 aromatic carbocycles. The summed E-state index contributed by atoms with van der Waals surface area (Å²) in [5, 5.41) is 12.2. The second kappa shape index (κ2) is 6.97. The SMILES string of the molecule is CC(=O)N[C@@H]1CCCC[C@@H]1N(CCO)C(C)C. The van der Waals surface area contributed by atoms with E-state index < -0.39 is 0 Å². The Hall–Kier alpha value is -0.610. The molecular formula is C13H26N2O2. The van der Waals surface area contributed by atoms with Gasteiger partial charge in [-0.2, -0.15) is 0 Å². The molecule has 1 aliphatic rings. The van der Waals surface area contributed by atoms with E-state index in [0.29, 0.717) is 18.6 Å². The third-order valence-electron chi connectivity index (χ3n) is 3.57.